The average Bonchev–Trinajstić information content (AvgIpc) is 3.31. The van der Waals surface area contributed by atoms with Crippen LogP contribution in [-0.4, -0.2) is 23.9 Å². The third-order valence-electron chi connectivity index (χ3n) is 12.4. The second-order valence-corrected chi connectivity index (χ2v) is 22.0. The van der Waals surface area contributed by atoms with Crippen molar-refractivity contribution >= 4 is 23.9 Å². The van der Waals surface area contributed by atoms with Gasteiger partial charge >= 0.3 is 23.9 Å². The highest BCUT2D eigenvalue weighted by atomic mass is 16.6. The lowest BCUT2D eigenvalue weighted by atomic mass is 9.81. The van der Waals surface area contributed by atoms with Gasteiger partial charge in [0.15, 0.2) is 0 Å². The van der Waals surface area contributed by atoms with Crippen molar-refractivity contribution in [2.45, 2.75) is 198 Å². The number of hydrogen-bond acceptors (Lipinski definition) is 8. The Bertz CT molecular complexity index is 2170. The fourth-order valence-corrected chi connectivity index (χ4v) is 6.84. The zero-order chi connectivity index (χ0) is 53.8. The van der Waals surface area contributed by atoms with Crippen molar-refractivity contribution in [2.24, 2.45) is 23.7 Å². The van der Waals surface area contributed by atoms with Crippen molar-refractivity contribution in [3.8, 4) is 0 Å². The molecule has 0 amide bonds. The first-order chi connectivity index (χ1) is 32.3. The molecule has 70 heavy (non-hydrogen) atoms. The quantitative estimate of drug-likeness (QED) is 0.0808. The highest BCUT2D eigenvalue weighted by Crippen LogP contribution is 2.36. The molecule has 0 heterocycles. The molecule has 0 radical (unpaired) electrons. The van der Waals surface area contributed by atoms with E-state index >= 15 is 0 Å². The van der Waals surface area contributed by atoms with Crippen molar-refractivity contribution in [3.05, 3.63) is 143 Å². The predicted molar refractivity (Wildman–Crippen MR) is 288 cm³/mol. The number of esters is 4. The normalized spacial score (nSPS) is 12.7. The Morgan fingerprint density at radius 2 is 0.714 bits per heavy atom. The van der Waals surface area contributed by atoms with Crippen LogP contribution in [0, 0.1) is 23.7 Å². The Balaban J connectivity index is 0.000000472. The van der Waals surface area contributed by atoms with Gasteiger partial charge in [-0.2, -0.15) is 0 Å². The van der Waals surface area contributed by atoms with Gasteiger partial charge < -0.3 is 18.9 Å². The van der Waals surface area contributed by atoms with Gasteiger partial charge in [-0.05, 0) is 98.6 Å². The molecule has 0 bridgehead atoms. The second-order valence-electron chi connectivity index (χ2n) is 22.0. The van der Waals surface area contributed by atoms with Crippen LogP contribution in [0.25, 0.3) is 0 Å². The predicted octanol–water partition coefficient (Wildman–Crippen LogP) is 16.1. The molecule has 4 rings (SSSR count). The molecule has 0 aliphatic rings. The number of benzene rings is 4. The maximum absolute atomic E-state index is 12.0. The lowest BCUT2D eigenvalue weighted by Crippen LogP contribution is -2.32. The minimum Gasteiger partial charge on any atom is -0.455 e. The molecule has 0 N–H and O–H groups in total. The van der Waals surface area contributed by atoms with Crippen LogP contribution in [0.3, 0.4) is 0 Å². The Kier molecular flexibility index (Phi) is 25.1. The standard InChI is InChI=1S/C20H32O2.C15H22O2.C14H20O2.C13H18O2/c1-13(2)15-10-16(19(5,6)7)12-17(11-15)20(8,9)22-18(21)14(3)4;1-5-15(6-2,17-14(16)12(3)4)13-10-8-7-9-11-13;1-5-14(4,16-13(15)11(2)3)12-9-7-6-8-10-12;1-10(2)12(14)15-13(3,4)11-8-6-5-7-9-11/h10-14H,1-9H3;7-12H,5-6H2,1-4H3;6-11H,5H2,1-4H3;5-10H,1-4H3. The fraction of sp³-hybridized carbons (Fsp3) is 0.548. The number of carbonyl (C=O) groups excluding carboxylic acids is 4. The molecule has 0 saturated heterocycles. The van der Waals surface area contributed by atoms with Crippen LogP contribution in [-0.2, 0) is 65.9 Å². The van der Waals surface area contributed by atoms with Gasteiger partial charge in [-0.15, -0.1) is 0 Å². The monoisotopic (exact) mass is 965 g/mol. The van der Waals surface area contributed by atoms with Crippen molar-refractivity contribution in [3.63, 3.8) is 0 Å². The third-order valence-corrected chi connectivity index (χ3v) is 12.4. The molecular formula is C62H92O8. The van der Waals surface area contributed by atoms with E-state index in [1.54, 1.807) is 0 Å². The fourth-order valence-electron chi connectivity index (χ4n) is 6.84. The van der Waals surface area contributed by atoms with Crippen LogP contribution in [0.1, 0.15) is 204 Å². The van der Waals surface area contributed by atoms with Gasteiger partial charge in [0.2, 0.25) is 0 Å². The Morgan fingerprint density at radius 3 is 1.06 bits per heavy atom. The highest BCUT2D eigenvalue weighted by Gasteiger charge is 2.34. The van der Waals surface area contributed by atoms with Crippen LogP contribution in [0.4, 0.5) is 0 Å². The summed E-state index contributed by atoms with van der Waals surface area (Å²) in [6.45, 7) is 41.7. The largest absolute Gasteiger partial charge is 0.455 e. The second kappa shape index (κ2) is 28.0. The molecule has 8 nitrogen and oxygen atoms in total. The number of ether oxygens (including phenoxy) is 4. The zero-order valence-corrected chi connectivity index (χ0v) is 47.2. The highest BCUT2D eigenvalue weighted by molar-refractivity contribution is 5.73. The molecule has 0 aromatic heterocycles. The summed E-state index contributed by atoms with van der Waals surface area (Å²) < 4.78 is 22.5. The van der Waals surface area contributed by atoms with Crippen LogP contribution in [0.5, 0.6) is 0 Å². The lowest BCUT2D eigenvalue weighted by Gasteiger charge is -2.32. The number of carbonyl (C=O) groups is 4. The number of hydrogen-bond donors (Lipinski definition) is 0. The molecule has 4 aromatic carbocycles. The van der Waals surface area contributed by atoms with E-state index in [0.29, 0.717) is 5.92 Å². The first-order valence-corrected chi connectivity index (χ1v) is 25.6. The minimum absolute atomic E-state index is 0.0672. The van der Waals surface area contributed by atoms with Gasteiger partial charge in [0, 0.05) is 0 Å². The summed E-state index contributed by atoms with van der Waals surface area (Å²) in [5, 5.41) is 0. The van der Waals surface area contributed by atoms with Crippen LogP contribution >= 0.6 is 0 Å². The van der Waals surface area contributed by atoms with Crippen LogP contribution < -0.4 is 0 Å². The first kappa shape index (κ1) is 62.8. The van der Waals surface area contributed by atoms with Gasteiger partial charge in [-0.25, -0.2) is 0 Å². The average molecular weight is 965 g/mol. The molecule has 0 aliphatic heterocycles. The van der Waals surface area contributed by atoms with E-state index in [1.807, 2.05) is 188 Å². The first-order valence-electron chi connectivity index (χ1n) is 25.6. The summed E-state index contributed by atoms with van der Waals surface area (Å²) in [6, 6.07) is 36.3. The van der Waals surface area contributed by atoms with E-state index in [1.165, 1.54) is 11.1 Å². The van der Waals surface area contributed by atoms with Crippen molar-refractivity contribution in [1.29, 1.82) is 0 Å². The zero-order valence-electron chi connectivity index (χ0n) is 47.2. The molecule has 0 saturated carbocycles. The third kappa shape index (κ3) is 19.9. The van der Waals surface area contributed by atoms with E-state index in [-0.39, 0.29) is 53.0 Å². The van der Waals surface area contributed by atoms with E-state index in [0.717, 1.165) is 41.5 Å². The molecule has 0 fully saturated rings. The van der Waals surface area contributed by atoms with Gasteiger partial charge in [-0.1, -0.05) is 220 Å². The molecule has 0 spiro atoms. The minimum atomic E-state index is -0.619. The van der Waals surface area contributed by atoms with Gasteiger partial charge in [0.05, 0.1) is 23.7 Å². The van der Waals surface area contributed by atoms with E-state index in [2.05, 4.69) is 66.7 Å². The molecular weight excluding hydrogens is 873 g/mol. The lowest BCUT2D eigenvalue weighted by molar-refractivity contribution is -0.166. The summed E-state index contributed by atoms with van der Waals surface area (Å²) in [5.41, 5.74) is 4.69. The summed E-state index contributed by atoms with van der Waals surface area (Å²) in [5.74, 6) is -0.530. The van der Waals surface area contributed by atoms with Crippen molar-refractivity contribution in [1.82, 2.24) is 0 Å². The Morgan fingerprint density at radius 1 is 0.386 bits per heavy atom. The van der Waals surface area contributed by atoms with E-state index in [9.17, 15) is 19.2 Å². The summed E-state index contributed by atoms with van der Waals surface area (Å²) in [6.07, 6.45) is 2.37. The molecule has 8 heteroatoms. The summed E-state index contributed by atoms with van der Waals surface area (Å²) in [4.78, 5) is 47.0. The SMILES string of the molecule is CC(C)C(=O)OC(C)(C)c1cc(C(C)C)cc(C(C)(C)C)c1.CC(C)C(=O)OC(C)(C)c1ccccc1.CCC(C)(OC(=O)C(C)C)c1ccccc1.CCC(CC)(OC(=O)C(C)C)c1ccccc1. The summed E-state index contributed by atoms with van der Waals surface area (Å²) >= 11 is 0. The van der Waals surface area contributed by atoms with Gasteiger partial charge in [0.1, 0.15) is 22.4 Å². The Hall–Kier alpha value is -5.24. The van der Waals surface area contributed by atoms with E-state index in [4.69, 9.17) is 18.9 Å². The topological polar surface area (TPSA) is 105 Å². The maximum Gasteiger partial charge on any atom is 0.309 e. The number of rotatable bonds is 16. The molecule has 1 unspecified atom stereocenters. The van der Waals surface area contributed by atoms with Crippen molar-refractivity contribution in [2.75, 3.05) is 0 Å². The molecule has 0 aliphatic carbocycles. The van der Waals surface area contributed by atoms with Crippen LogP contribution in [0.2, 0.25) is 0 Å². The summed E-state index contributed by atoms with van der Waals surface area (Å²) in [7, 11) is 0. The smallest absolute Gasteiger partial charge is 0.309 e. The van der Waals surface area contributed by atoms with Crippen molar-refractivity contribution < 1.29 is 38.1 Å². The van der Waals surface area contributed by atoms with Crippen LogP contribution in [0.15, 0.2) is 109 Å². The molecule has 1 atom stereocenters. The Labute approximate surface area is 425 Å². The van der Waals surface area contributed by atoms with Gasteiger partial charge in [0.25, 0.3) is 0 Å². The molecule has 4 aromatic rings. The van der Waals surface area contributed by atoms with E-state index < -0.39 is 22.4 Å². The molecule has 388 valence electrons. The maximum atomic E-state index is 12.0. The van der Waals surface area contributed by atoms with Gasteiger partial charge in [-0.3, -0.25) is 19.2 Å².